The summed E-state index contributed by atoms with van der Waals surface area (Å²) in [5, 5.41) is 3.30. The molecule has 1 aliphatic rings. The van der Waals surface area contributed by atoms with Crippen molar-refractivity contribution in [3.05, 3.63) is 58.9 Å². The number of alkyl halides is 2. The summed E-state index contributed by atoms with van der Waals surface area (Å²) in [5.74, 6) is -0.00387. The van der Waals surface area contributed by atoms with Crippen LogP contribution in [0.5, 0.6) is 5.75 Å². The van der Waals surface area contributed by atoms with Crippen molar-refractivity contribution in [2.45, 2.75) is 26.5 Å². The SMILES string of the molecule is Cc1cc(C(=O)N2CCNCC2c2cccnc2)cc(C)c1OC(F)F. The van der Waals surface area contributed by atoms with Crippen molar-refractivity contribution in [3.8, 4) is 5.75 Å². The second-order valence-electron chi connectivity index (χ2n) is 6.32. The molecule has 0 radical (unpaired) electrons. The van der Waals surface area contributed by atoms with Crippen molar-refractivity contribution in [2.75, 3.05) is 19.6 Å². The minimum Gasteiger partial charge on any atom is -0.434 e. The number of pyridine rings is 1. The third-order valence-corrected chi connectivity index (χ3v) is 4.49. The number of rotatable bonds is 4. The van der Waals surface area contributed by atoms with Gasteiger partial charge in [0.15, 0.2) is 0 Å². The molecule has 1 unspecified atom stereocenters. The molecule has 7 heteroatoms. The molecule has 0 spiro atoms. The highest BCUT2D eigenvalue weighted by Crippen LogP contribution is 2.29. The van der Waals surface area contributed by atoms with Crippen LogP contribution in [-0.4, -0.2) is 42.0 Å². The predicted molar refractivity (Wildman–Crippen MR) is 93.4 cm³/mol. The van der Waals surface area contributed by atoms with E-state index in [2.05, 4.69) is 15.0 Å². The van der Waals surface area contributed by atoms with Crippen LogP contribution in [0.2, 0.25) is 0 Å². The number of benzene rings is 1. The van der Waals surface area contributed by atoms with Crippen molar-refractivity contribution in [3.63, 3.8) is 0 Å². The maximum atomic E-state index is 13.1. The minimum atomic E-state index is -2.89. The summed E-state index contributed by atoms with van der Waals surface area (Å²) in [6.45, 7) is 2.34. The number of hydrogen-bond acceptors (Lipinski definition) is 4. The van der Waals surface area contributed by atoms with Gasteiger partial charge in [0.05, 0.1) is 6.04 Å². The second kappa shape index (κ2) is 7.78. The lowest BCUT2D eigenvalue weighted by Crippen LogP contribution is -2.48. The number of carbonyl (C=O) groups is 1. The molecule has 1 aromatic carbocycles. The van der Waals surface area contributed by atoms with Crippen LogP contribution in [0.15, 0.2) is 36.7 Å². The number of piperazine rings is 1. The smallest absolute Gasteiger partial charge is 0.387 e. The fourth-order valence-electron chi connectivity index (χ4n) is 3.33. The van der Waals surface area contributed by atoms with Crippen molar-refractivity contribution in [1.82, 2.24) is 15.2 Å². The Bertz CT molecular complexity index is 761. The summed E-state index contributed by atoms with van der Waals surface area (Å²) in [6, 6.07) is 6.88. The van der Waals surface area contributed by atoms with Crippen LogP contribution < -0.4 is 10.1 Å². The minimum absolute atomic E-state index is 0.123. The first-order valence-corrected chi connectivity index (χ1v) is 8.45. The predicted octanol–water partition coefficient (Wildman–Crippen LogP) is 3.09. The van der Waals surface area contributed by atoms with Gasteiger partial charge in [0.25, 0.3) is 5.91 Å². The lowest BCUT2D eigenvalue weighted by Gasteiger charge is -2.36. The standard InChI is InChI=1S/C19H21F2N3O2/c1-12-8-15(9-13(2)17(12)26-19(20)21)18(25)24-7-6-23-11-16(24)14-4-3-5-22-10-14/h3-5,8-10,16,19,23H,6-7,11H2,1-2H3. The molecule has 1 fully saturated rings. The van der Waals surface area contributed by atoms with E-state index < -0.39 is 6.61 Å². The van der Waals surface area contributed by atoms with Gasteiger partial charge in [0, 0.05) is 37.6 Å². The van der Waals surface area contributed by atoms with Crippen molar-refractivity contribution >= 4 is 5.91 Å². The lowest BCUT2D eigenvalue weighted by molar-refractivity contribution is -0.0507. The molecule has 5 nitrogen and oxygen atoms in total. The Kier molecular flexibility index (Phi) is 5.46. The zero-order valence-electron chi connectivity index (χ0n) is 14.7. The quantitative estimate of drug-likeness (QED) is 0.909. The van der Waals surface area contributed by atoms with Crippen LogP contribution in [0.25, 0.3) is 0 Å². The molecule has 1 atom stereocenters. The molecular weight excluding hydrogens is 340 g/mol. The number of halogens is 2. The van der Waals surface area contributed by atoms with Crippen molar-refractivity contribution < 1.29 is 18.3 Å². The monoisotopic (exact) mass is 361 g/mol. The molecule has 2 heterocycles. The summed E-state index contributed by atoms with van der Waals surface area (Å²) in [4.78, 5) is 19.1. The van der Waals surface area contributed by atoms with Gasteiger partial charge in [0.2, 0.25) is 0 Å². The maximum Gasteiger partial charge on any atom is 0.387 e. The Morgan fingerprint density at radius 3 is 2.69 bits per heavy atom. The topological polar surface area (TPSA) is 54.5 Å². The molecule has 1 amide bonds. The van der Waals surface area contributed by atoms with Crippen LogP contribution in [0.4, 0.5) is 8.78 Å². The van der Waals surface area contributed by atoms with Gasteiger partial charge < -0.3 is 15.0 Å². The van der Waals surface area contributed by atoms with E-state index >= 15 is 0 Å². The van der Waals surface area contributed by atoms with Crippen LogP contribution in [-0.2, 0) is 0 Å². The molecular formula is C19H21F2N3O2. The van der Waals surface area contributed by atoms with E-state index in [-0.39, 0.29) is 17.7 Å². The first-order chi connectivity index (χ1) is 12.5. The third-order valence-electron chi connectivity index (χ3n) is 4.49. The van der Waals surface area contributed by atoms with Gasteiger partial charge in [-0.25, -0.2) is 0 Å². The number of nitrogens with zero attached hydrogens (tertiary/aromatic N) is 2. The normalized spacial score (nSPS) is 17.4. The zero-order valence-corrected chi connectivity index (χ0v) is 14.7. The van der Waals surface area contributed by atoms with Crippen molar-refractivity contribution in [2.24, 2.45) is 0 Å². The highest BCUT2D eigenvalue weighted by atomic mass is 19.3. The van der Waals surface area contributed by atoms with E-state index in [1.54, 1.807) is 43.3 Å². The number of hydrogen-bond donors (Lipinski definition) is 1. The second-order valence-corrected chi connectivity index (χ2v) is 6.32. The molecule has 1 N–H and O–H groups in total. The molecule has 0 bridgehead atoms. The molecule has 1 saturated heterocycles. The van der Waals surface area contributed by atoms with Gasteiger partial charge in [-0.2, -0.15) is 8.78 Å². The molecule has 0 saturated carbocycles. The maximum absolute atomic E-state index is 13.1. The van der Waals surface area contributed by atoms with E-state index in [0.717, 1.165) is 5.56 Å². The molecule has 3 rings (SSSR count). The first-order valence-electron chi connectivity index (χ1n) is 8.45. The average molecular weight is 361 g/mol. The fourth-order valence-corrected chi connectivity index (χ4v) is 3.33. The van der Waals surface area contributed by atoms with Gasteiger partial charge >= 0.3 is 6.61 Å². The third kappa shape index (κ3) is 3.83. The van der Waals surface area contributed by atoms with E-state index in [1.165, 1.54) is 0 Å². The Morgan fingerprint density at radius 1 is 1.35 bits per heavy atom. The van der Waals surface area contributed by atoms with Gasteiger partial charge in [-0.1, -0.05) is 6.07 Å². The number of aromatic nitrogens is 1. The number of amides is 1. The highest BCUT2D eigenvalue weighted by molar-refractivity contribution is 5.95. The summed E-state index contributed by atoms with van der Waals surface area (Å²) >= 11 is 0. The molecule has 26 heavy (non-hydrogen) atoms. The van der Waals surface area contributed by atoms with E-state index in [0.29, 0.717) is 36.3 Å². The van der Waals surface area contributed by atoms with E-state index in [9.17, 15) is 13.6 Å². The molecule has 1 aliphatic heterocycles. The highest BCUT2D eigenvalue weighted by Gasteiger charge is 2.29. The number of aryl methyl sites for hydroxylation is 2. The van der Waals surface area contributed by atoms with Crippen molar-refractivity contribution in [1.29, 1.82) is 0 Å². The number of nitrogens with one attached hydrogen (secondary N) is 1. The van der Waals surface area contributed by atoms with E-state index in [1.807, 2.05) is 12.1 Å². The lowest BCUT2D eigenvalue weighted by atomic mass is 10.0. The van der Waals surface area contributed by atoms with Gasteiger partial charge in [0.1, 0.15) is 5.75 Å². The largest absolute Gasteiger partial charge is 0.434 e. The molecule has 138 valence electrons. The average Bonchev–Trinajstić information content (AvgIpc) is 2.64. The van der Waals surface area contributed by atoms with Crippen LogP contribution in [0.3, 0.4) is 0 Å². The number of carbonyl (C=O) groups excluding carboxylic acids is 1. The summed E-state index contributed by atoms with van der Waals surface area (Å²) in [6.07, 6.45) is 3.45. The van der Waals surface area contributed by atoms with Gasteiger partial charge in [-0.05, 0) is 48.7 Å². The number of ether oxygens (including phenoxy) is 1. The van der Waals surface area contributed by atoms with Gasteiger partial charge in [-0.3, -0.25) is 9.78 Å². The Morgan fingerprint density at radius 2 is 2.08 bits per heavy atom. The molecule has 2 aromatic rings. The van der Waals surface area contributed by atoms with Crippen LogP contribution in [0, 0.1) is 13.8 Å². The fraction of sp³-hybridized carbons (Fsp3) is 0.368. The Hall–Kier alpha value is -2.54. The summed E-state index contributed by atoms with van der Waals surface area (Å²) in [5.41, 5.74) is 2.46. The Labute approximate surface area is 151 Å². The van der Waals surface area contributed by atoms with Gasteiger partial charge in [-0.15, -0.1) is 0 Å². The first kappa shape index (κ1) is 18.3. The summed E-state index contributed by atoms with van der Waals surface area (Å²) in [7, 11) is 0. The summed E-state index contributed by atoms with van der Waals surface area (Å²) < 4.78 is 29.7. The Balaban J connectivity index is 1.90. The van der Waals surface area contributed by atoms with Crippen LogP contribution >= 0.6 is 0 Å². The molecule has 1 aromatic heterocycles. The van der Waals surface area contributed by atoms with E-state index in [4.69, 9.17) is 0 Å². The zero-order chi connectivity index (χ0) is 18.7. The molecule has 0 aliphatic carbocycles. The van der Waals surface area contributed by atoms with Crippen LogP contribution in [0.1, 0.15) is 33.1 Å².